The van der Waals surface area contributed by atoms with Gasteiger partial charge in [-0.2, -0.15) is 0 Å². The van der Waals surface area contributed by atoms with Crippen molar-refractivity contribution < 1.29 is 19.5 Å². The highest BCUT2D eigenvalue weighted by Gasteiger charge is 2.36. The number of carbonyl (C=O) groups excluding carboxylic acids is 2. The summed E-state index contributed by atoms with van der Waals surface area (Å²) in [5, 5.41) is 17.1. The Morgan fingerprint density at radius 2 is 1.65 bits per heavy atom. The summed E-state index contributed by atoms with van der Waals surface area (Å²) in [6.07, 6.45) is 2.73. The van der Waals surface area contributed by atoms with E-state index in [9.17, 15) is 19.5 Å². The van der Waals surface area contributed by atoms with Crippen LogP contribution in [0.4, 0.5) is 10.7 Å². The molecule has 1 aliphatic carbocycles. The van der Waals surface area contributed by atoms with Crippen molar-refractivity contribution in [2.75, 3.05) is 10.6 Å². The fraction of sp³-hybridized carbons (Fsp3) is 0.316. The van der Waals surface area contributed by atoms with Gasteiger partial charge in [0.2, 0.25) is 5.91 Å². The minimum atomic E-state index is -0.932. The van der Waals surface area contributed by atoms with Gasteiger partial charge in [-0.05, 0) is 36.4 Å². The average Bonchev–Trinajstić information content (AvgIpc) is 3.10. The van der Waals surface area contributed by atoms with Crippen molar-refractivity contribution in [3.63, 3.8) is 0 Å². The molecule has 3 rings (SSSR count). The number of benzene rings is 1. The van der Waals surface area contributed by atoms with Gasteiger partial charge in [-0.3, -0.25) is 14.4 Å². The lowest BCUT2D eigenvalue weighted by molar-refractivity contribution is -0.147. The molecule has 2 atom stereocenters. The van der Waals surface area contributed by atoms with E-state index in [1.54, 1.807) is 23.6 Å². The van der Waals surface area contributed by atoms with Crippen LogP contribution in [0.5, 0.6) is 0 Å². The number of hydrogen-bond donors (Lipinski definition) is 3. The molecule has 1 aliphatic rings. The van der Waals surface area contributed by atoms with Gasteiger partial charge in [0, 0.05) is 5.69 Å². The molecule has 1 saturated carbocycles. The molecule has 6 nitrogen and oxygen atoms in total. The summed E-state index contributed by atoms with van der Waals surface area (Å²) in [5.41, 5.74) is 1.04. The molecular formula is C19H20N2O4S. The third-order valence-corrected chi connectivity index (χ3v) is 5.43. The molecule has 1 aromatic heterocycles. The number of aliphatic carboxylic acids is 1. The van der Waals surface area contributed by atoms with E-state index in [1.165, 1.54) is 11.3 Å². The van der Waals surface area contributed by atoms with Crippen LogP contribution in [0.2, 0.25) is 0 Å². The zero-order valence-electron chi connectivity index (χ0n) is 14.1. The standard InChI is InChI=1S/C19H20N2O4S/c22-16(13-8-4-5-9-14(13)19(24)25)21-18-15(10-11-26-18)17(23)20-12-6-2-1-3-7-12/h1-3,6-7,10-11,13-14H,4-5,8-9H2,(H,20,23)(H,21,22)(H,24,25)/t13-,14+/m1/s1. The van der Waals surface area contributed by atoms with E-state index in [4.69, 9.17) is 0 Å². The highest BCUT2D eigenvalue weighted by Crippen LogP contribution is 2.32. The summed E-state index contributed by atoms with van der Waals surface area (Å²) in [6.45, 7) is 0. The van der Waals surface area contributed by atoms with Gasteiger partial charge in [0.15, 0.2) is 0 Å². The van der Waals surface area contributed by atoms with Gasteiger partial charge >= 0.3 is 5.97 Å². The van der Waals surface area contributed by atoms with Crippen molar-refractivity contribution in [2.24, 2.45) is 11.8 Å². The lowest BCUT2D eigenvalue weighted by Gasteiger charge is -2.27. The molecule has 0 aliphatic heterocycles. The number of hydrogen-bond acceptors (Lipinski definition) is 4. The second-order valence-corrected chi connectivity index (χ2v) is 7.22. The van der Waals surface area contributed by atoms with Gasteiger partial charge in [0.05, 0.1) is 17.4 Å². The van der Waals surface area contributed by atoms with E-state index in [0.717, 1.165) is 12.8 Å². The minimum Gasteiger partial charge on any atom is -0.481 e. The topological polar surface area (TPSA) is 95.5 Å². The summed E-state index contributed by atoms with van der Waals surface area (Å²) in [7, 11) is 0. The molecule has 2 aromatic rings. The summed E-state index contributed by atoms with van der Waals surface area (Å²) >= 11 is 1.25. The number of carboxylic acids is 1. The highest BCUT2D eigenvalue weighted by atomic mass is 32.1. The number of anilines is 2. The van der Waals surface area contributed by atoms with Crippen molar-refractivity contribution in [1.29, 1.82) is 0 Å². The molecule has 3 N–H and O–H groups in total. The van der Waals surface area contributed by atoms with Gasteiger partial charge < -0.3 is 15.7 Å². The Bertz CT molecular complexity index is 803. The number of rotatable bonds is 5. The van der Waals surface area contributed by atoms with Crippen molar-refractivity contribution >= 4 is 39.8 Å². The molecule has 2 amide bonds. The molecular weight excluding hydrogens is 352 g/mol. The van der Waals surface area contributed by atoms with Crippen LogP contribution in [-0.2, 0) is 9.59 Å². The quantitative estimate of drug-likeness (QED) is 0.743. The molecule has 1 heterocycles. The molecule has 0 saturated heterocycles. The number of para-hydroxylation sites is 1. The van der Waals surface area contributed by atoms with E-state index in [1.807, 2.05) is 18.2 Å². The second-order valence-electron chi connectivity index (χ2n) is 6.31. The van der Waals surface area contributed by atoms with Crippen molar-refractivity contribution in [3.8, 4) is 0 Å². The Morgan fingerprint density at radius 3 is 2.35 bits per heavy atom. The van der Waals surface area contributed by atoms with Crippen molar-refractivity contribution in [3.05, 3.63) is 47.3 Å². The number of nitrogens with one attached hydrogen (secondary N) is 2. The zero-order valence-corrected chi connectivity index (χ0v) is 14.9. The molecule has 1 aromatic carbocycles. The van der Waals surface area contributed by atoms with Gasteiger partial charge in [0.25, 0.3) is 5.91 Å². The molecule has 136 valence electrons. The van der Waals surface area contributed by atoms with Gasteiger partial charge in [-0.1, -0.05) is 31.0 Å². The lowest BCUT2D eigenvalue weighted by atomic mass is 9.79. The molecule has 0 spiro atoms. The largest absolute Gasteiger partial charge is 0.481 e. The normalized spacial score (nSPS) is 19.5. The maximum absolute atomic E-state index is 12.6. The summed E-state index contributed by atoms with van der Waals surface area (Å²) in [4.78, 5) is 36.5. The van der Waals surface area contributed by atoms with Crippen LogP contribution in [0, 0.1) is 11.8 Å². The first kappa shape index (κ1) is 18.1. The number of thiophene rings is 1. The van der Waals surface area contributed by atoms with Gasteiger partial charge in [-0.15, -0.1) is 11.3 Å². The smallest absolute Gasteiger partial charge is 0.307 e. The van der Waals surface area contributed by atoms with Crippen LogP contribution in [0.3, 0.4) is 0 Å². The molecule has 0 bridgehead atoms. The van der Waals surface area contributed by atoms with Crippen molar-refractivity contribution in [2.45, 2.75) is 25.7 Å². The van der Waals surface area contributed by atoms with Crippen LogP contribution >= 0.6 is 11.3 Å². The first-order valence-corrected chi connectivity index (χ1v) is 9.42. The van der Waals surface area contributed by atoms with E-state index in [0.29, 0.717) is 29.1 Å². The van der Waals surface area contributed by atoms with Crippen LogP contribution in [0.25, 0.3) is 0 Å². The van der Waals surface area contributed by atoms with E-state index in [2.05, 4.69) is 10.6 Å². The van der Waals surface area contributed by atoms with Crippen LogP contribution in [0.15, 0.2) is 41.8 Å². The SMILES string of the molecule is O=C(Nc1ccccc1)c1ccsc1NC(=O)[C@@H]1CCCC[C@@H]1C(=O)O. The Morgan fingerprint density at radius 1 is 0.962 bits per heavy atom. The number of carbonyl (C=O) groups is 3. The first-order chi connectivity index (χ1) is 12.6. The number of amides is 2. The molecule has 26 heavy (non-hydrogen) atoms. The summed E-state index contributed by atoms with van der Waals surface area (Å²) < 4.78 is 0. The zero-order chi connectivity index (χ0) is 18.5. The van der Waals surface area contributed by atoms with E-state index < -0.39 is 17.8 Å². The Labute approximate surface area is 155 Å². The van der Waals surface area contributed by atoms with Crippen LogP contribution in [-0.4, -0.2) is 22.9 Å². The fourth-order valence-corrected chi connectivity index (χ4v) is 4.04. The second kappa shape index (κ2) is 8.14. The van der Waals surface area contributed by atoms with E-state index >= 15 is 0 Å². The third kappa shape index (κ3) is 4.11. The fourth-order valence-electron chi connectivity index (χ4n) is 3.25. The average molecular weight is 372 g/mol. The highest BCUT2D eigenvalue weighted by molar-refractivity contribution is 7.14. The maximum Gasteiger partial charge on any atom is 0.307 e. The molecule has 0 radical (unpaired) electrons. The number of carboxylic acid groups (broad SMARTS) is 1. The summed E-state index contributed by atoms with van der Waals surface area (Å²) in [6, 6.07) is 10.7. The Hall–Kier alpha value is -2.67. The molecule has 7 heteroatoms. The molecule has 0 unspecified atom stereocenters. The summed E-state index contributed by atoms with van der Waals surface area (Å²) in [5.74, 6) is -2.80. The van der Waals surface area contributed by atoms with Crippen LogP contribution in [0.1, 0.15) is 36.0 Å². The van der Waals surface area contributed by atoms with E-state index in [-0.39, 0.29) is 11.8 Å². The monoisotopic (exact) mass is 372 g/mol. The van der Waals surface area contributed by atoms with Gasteiger partial charge in [-0.25, -0.2) is 0 Å². The first-order valence-electron chi connectivity index (χ1n) is 8.54. The van der Waals surface area contributed by atoms with Gasteiger partial charge in [0.1, 0.15) is 5.00 Å². The van der Waals surface area contributed by atoms with Crippen LogP contribution < -0.4 is 10.6 Å². The maximum atomic E-state index is 12.6. The minimum absolute atomic E-state index is 0.314. The predicted molar refractivity (Wildman–Crippen MR) is 100 cm³/mol. The lowest BCUT2D eigenvalue weighted by Crippen LogP contribution is -2.36. The Kier molecular flexibility index (Phi) is 5.68. The Balaban J connectivity index is 1.71. The predicted octanol–water partition coefficient (Wildman–Crippen LogP) is 3.83. The van der Waals surface area contributed by atoms with Crippen molar-refractivity contribution in [1.82, 2.24) is 0 Å². The third-order valence-electron chi connectivity index (χ3n) is 4.60. The molecule has 1 fully saturated rings.